The third-order valence-electron chi connectivity index (χ3n) is 5.73. The third kappa shape index (κ3) is 5.10. The van der Waals surface area contributed by atoms with Crippen LogP contribution in [0, 0.1) is 0 Å². The van der Waals surface area contributed by atoms with Crippen molar-refractivity contribution in [3.8, 4) is 11.3 Å². The van der Waals surface area contributed by atoms with E-state index >= 15 is 0 Å². The number of hydrogen-bond acceptors (Lipinski definition) is 7. The zero-order chi connectivity index (χ0) is 25.1. The minimum atomic E-state index is 0.189. The Kier molecular flexibility index (Phi) is 6.97. The van der Waals surface area contributed by atoms with Crippen LogP contribution in [0.1, 0.15) is 31.0 Å². The lowest BCUT2D eigenvalue weighted by atomic mass is 10.1. The molecule has 10 heteroatoms. The molecule has 0 radical (unpaired) electrons. The maximum Gasteiger partial charge on any atom is 0.227 e. The minimum Gasteiger partial charge on any atom is -0.364 e. The molecule has 0 aliphatic heterocycles. The van der Waals surface area contributed by atoms with Crippen molar-refractivity contribution in [1.29, 1.82) is 0 Å². The molecule has 0 fully saturated rings. The van der Waals surface area contributed by atoms with Gasteiger partial charge in [0.15, 0.2) is 17.0 Å². The number of nitrogens with zero attached hydrogens (tertiary/aromatic N) is 6. The van der Waals surface area contributed by atoms with Gasteiger partial charge in [-0.25, -0.2) is 4.98 Å². The van der Waals surface area contributed by atoms with Crippen LogP contribution in [0.4, 0.5) is 11.8 Å². The van der Waals surface area contributed by atoms with Gasteiger partial charge in [-0.05, 0) is 31.5 Å². The molecule has 1 aromatic carbocycles. The van der Waals surface area contributed by atoms with Gasteiger partial charge < -0.3 is 15.2 Å². The molecule has 4 heterocycles. The van der Waals surface area contributed by atoms with Crippen molar-refractivity contribution in [2.75, 3.05) is 10.6 Å². The summed E-state index contributed by atoms with van der Waals surface area (Å²) in [6, 6.07) is 14.4. The zero-order valence-electron chi connectivity index (χ0n) is 19.8. The first-order chi connectivity index (χ1) is 17.5. The summed E-state index contributed by atoms with van der Waals surface area (Å²) >= 11 is 12.6. The Hall–Kier alpha value is -3.75. The highest BCUT2D eigenvalue weighted by Crippen LogP contribution is 2.27. The smallest absolute Gasteiger partial charge is 0.227 e. The summed E-state index contributed by atoms with van der Waals surface area (Å²) in [5.74, 6) is 1.09. The van der Waals surface area contributed by atoms with Gasteiger partial charge in [0.05, 0.1) is 22.1 Å². The van der Waals surface area contributed by atoms with Crippen molar-refractivity contribution in [3.63, 3.8) is 0 Å². The van der Waals surface area contributed by atoms with E-state index < -0.39 is 0 Å². The van der Waals surface area contributed by atoms with Gasteiger partial charge in [0.25, 0.3) is 0 Å². The average Bonchev–Trinajstić information content (AvgIpc) is 3.32. The molecule has 0 amide bonds. The number of aromatic nitrogens is 6. The molecule has 2 N–H and O–H groups in total. The highest BCUT2D eigenvalue weighted by molar-refractivity contribution is 6.35. The normalized spacial score (nSPS) is 11.2. The quantitative estimate of drug-likeness (QED) is 0.245. The van der Waals surface area contributed by atoms with Crippen LogP contribution >= 0.6 is 23.2 Å². The van der Waals surface area contributed by atoms with Crippen LogP contribution in [-0.2, 0) is 13.1 Å². The number of benzene rings is 1. The van der Waals surface area contributed by atoms with E-state index in [-0.39, 0.29) is 6.04 Å². The molecule has 4 aromatic heterocycles. The van der Waals surface area contributed by atoms with Gasteiger partial charge in [-0.15, -0.1) is 0 Å². The fraction of sp³-hybridized carbons (Fsp3) is 0.192. The maximum absolute atomic E-state index is 6.28. The van der Waals surface area contributed by atoms with Gasteiger partial charge in [0.2, 0.25) is 5.95 Å². The van der Waals surface area contributed by atoms with Crippen LogP contribution in [0.2, 0.25) is 10.0 Å². The lowest BCUT2D eigenvalue weighted by Crippen LogP contribution is -2.10. The number of imidazole rings is 1. The monoisotopic (exact) mass is 518 g/mol. The standard InChI is InChI=1S/C26H24Cl2N8/c1-16(2)36-15-33-23-24(31-11-17-6-8-18(9-7-17)22-5-3-4-10-30-22)34-26(35-25(23)36)32-12-19-20(27)13-29-14-21(19)28/h3-10,13-16H,11-12H2,1-2H3,(H2,31,32,34,35). The first-order valence-corrected chi connectivity index (χ1v) is 12.3. The summed E-state index contributed by atoms with van der Waals surface area (Å²) in [6.45, 7) is 5.10. The Morgan fingerprint density at radius 1 is 0.889 bits per heavy atom. The number of fused-ring (bicyclic) bond motifs is 1. The highest BCUT2D eigenvalue weighted by atomic mass is 35.5. The van der Waals surface area contributed by atoms with E-state index in [4.69, 9.17) is 33.2 Å². The molecule has 0 bridgehead atoms. The Morgan fingerprint density at radius 3 is 2.36 bits per heavy atom. The van der Waals surface area contributed by atoms with Crippen molar-refractivity contribution in [2.24, 2.45) is 0 Å². The summed E-state index contributed by atoms with van der Waals surface area (Å²) in [5.41, 5.74) is 5.30. The van der Waals surface area contributed by atoms with E-state index in [1.807, 2.05) is 22.8 Å². The van der Waals surface area contributed by atoms with Crippen molar-refractivity contribution in [1.82, 2.24) is 29.5 Å². The third-order valence-corrected chi connectivity index (χ3v) is 6.38. The van der Waals surface area contributed by atoms with Crippen molar-refractivity contribution in [3.05, 3.63) is 88.6 Å². The molecule has 0 spiro atoms. The van der Waals surface area contributed by atoms with Crippen molar-refractivity contribution < 1.29 is 0 Å². The summed E-state index contributed by atoms with van der Waals surface area (Å²) in [5, 5.41) is 7.64. The summed E-state index contributed by atoms with van der Waals surface area (Å²) in [4.78, 5) is 22.4. The predicted molar refractivity (Wildman–Crippen MR) is 144 cm³/mol. The van der Waals surface area contributed by atoms with Gasteiger partial charge in [-0.1, -0.05) is 53.5 Å². The first kappa shape index (κ1) is 24.0. The lowest BCUT2D eigenvalue weighted by Gasteiger charge is -2.13. The molecule has 0 unspecified atom stereocenters. The molecule has 5 rings (SSSR count). The topological polar surface area (TPSA) is 93.4 Å². The van der Waals surface area contributed by atoms with Crippen molar-refractivity contribution >= 4 is 46.1 Å². The van der Waals surface area contributed by atoms with Crippen LogP contribution in [0.15, 0.2) is 67.4 Å². The summed E-state index contributed by atoms with van der Waals surface area (Å²) < 4.78 is 2.02. The largest absolute Gasteiger partial charge is 0.364 e. The van der Waals surface area contributed by atoms with Crippen LogP contribution in [-0.4, -0.2) is 29.5 Å². The second kappa shape index (κ2) is 10.5. The molecule has 0 atom stereocenters. The second-order valence-electron chi connectivity index (χ2n) is 8.51. The number of pyridine rings is 2. The molecule has 0 aliphatic carbocycles. The molecule has 0 saturated carbocycles. The Balaban J connectivity index is 1.39. The van der Waals surface area contributed by atoms with E-state index in [0.29, 0.717) is 40.4 Å². The van der Waals surface area contributed by atoms with Gasteiger partial charge in [-0.2, -0.15) is 9.97 Å². The molecular formula is C26H24Cl2N8. The SMILES string of the molecule is CC(C)n1cnc2c(NCc3ccc(-c4ccccn4)cc3)nc(NCc3c(Cl)cncc3Cl)nc21. The average molecular weight is 519 g/mol. The summed E-state index contributed by atoms with van der Waals surface area (Å²) in [7, 11) is 0. The molecule has 0 aliphatic rings. The summed E-state index contributed by atoms with van der Waals surface area (Å²) in [6.07, 6.45) is 6.71. The minimum absolute atomic E-state index is 0.189. The molecular weight excluding hydrogens is 495 g/mol. The van der Waals surface area contributed by atoms with Crippen LogP contribution < -0.4 is 10.6 Å². The molecule has 5 aromatic rings. The highest BCUT2D eigenvalue weighted by Gasteiger charge is 2.16. The first-order valence-electron chi connectivity index (χ1n) is 11.5. The van der Waals surface area contributed by atoms with E-state index in [1.54, 1.807) is 24.9 Å². The van der Waals surface area contributed by atoms with Crippen LogP contribution in [0.25, 0.3) is 22.4 Å². The van der Waals surface area contributed by atoms with E-state index in [2.05, 4.69) is 63.7 Å². The molecule has 0 saturated heterocycles. The Morgan fingerprint density at radius 2 is 1.67 bits per heavy atom. The fourth-order valence-electron chi connectivity index (χ4n) is 3.78. The predicted octanol–water partition coefficient (Wildman–Crippen LogP) is 6.40. The van der Waals surface area contributed by atoms with Crippen LogP contribution in [0.5, 0.6) is 0 Å². The maximum atomic E-state index is 6.28. The lowest BCUT2D eigenvalue weighted by molar-refractivity contribution is 0.613. The molecule has 8 nitrogen and oxygen atoms in total. The Labute approximate surface area is 218 Å². The van der Waals surface area contributed by atoms with E-state index in [9.17, 15) is 0 Å². The van der Waals surface area contributed by atoms with Gasteiger partial charge >= 0.3 is 0 Å². The fourth-order valence-corrected chi connectivity index (χ4v) is 4.28. The number of rotatable bonds is 8. The Bertz CT molecular complexity index is 1460. The van der Waals surface area contributed by atoms with Crippen LogP contribution in [0.3, 0.4) is 0 Å². The number of anilines is 2. The van der Waals surface area contributed by atoms with E-state index in [0.717, 1.165) is 28.0 Å². The molecule has 36 heavy (non-hydrogen) atoms. The number of halogens is 2. The second-order valence-corrected chi connectivity index (χ2v) is 9.33. The van der Waals surface area contributed by atoms with Gasteiger partial charge in [0.1, 0.15) is 0 Å². The van der Waals surface area contributed by atoms with E-state index in [1.165, 1.54) is 0 Å². The molecule has 182 valence electrons. The van der Waals surface area contributed by atoms with Crippen molar-refractivity contribution in [2.45, 2.75) is 33.0 Å². The number of hydrogen-bond donors (Lipinski definition) is 2. The number of nitrogens with one attached hydrogen (secondary N) is 2. The van der Waals surface area contributed by atoms with Gasteiger partial charge in [0, 0.05) is 48.8 Å². The van der Waals surface area contributed by atoms with Gasteiger partial charge in [-0.3, -0.25) is 9.97 Å². The zero-order valence-corrected chi connectivity index (χ0v) is 21.3.